The lowest BCUT2D eigenvalue weighted by molar-refractivity contribution is 0.527. The second-order valence-electron chi connectivity index (χ2n) is 4.43. The Kier molecular flexibility index (Phi) is 5.95. The van der Waals surface area contributed by atoms with Crippen molar-refractivity contribution in [2.24, 2.45) is 0 Å². The van der Waals surface area contributed by atoms with Crippen LogP contribution in [0.5, 0.6) is 0 Å². The van der Waals surface area contributed by atoms with Gasteiger partial charge in [0.25, 0.3) is 0 Å². The van der Waals surface area contributed by atoms with E-state index < -0.39 is 0 Å². The van der Waals surface area contributed by atoms with Crippen molar-refractivity contribution in [3.8, 4) is 0 Å². The number of benzene rings is 1. The molecule has 0 saturated heterocycles. The van der Waals surface area contributed by atoms with Crippen molar-refractivity contribution in [3.63, 3.8) is 0 Å². The minimum absolute atomic E-state index is 0.208. The maximum atomic E-state index is 6.30. The van der Waals surface area contributed by atoms with Gasteiger partial charge in [-0.05, 0) is 25.6 Å². The third kappa shape index (κ3) is 3.78. The summed E-state index contributed by atoms with van der Waals surface area (Å²) in [5, 5.41) is 8.57. The van der Waals surface area contributed by atoms with Gasteiger partial charge in [-0.2, -0.15) is 5.10 Å². The van der Waals surface area contributed by atoms with Crippen molar-refractivity contribution in [2.75, 3.05) is 12.3 Å². The molecular weight excluding hydrogens is 290 g/mol. The summed E-state index contributed by atoms with van der Waals surface area (Å²) >= 11 is 8.14. The Morgan fingerprint density at radius 3 is 2.70 bits per heavy atom. The normalized spacial score (nSPS) is 12.6. The van der Waals surface area contributed by atoms with Gasteiger partial charge in [-0.1, -0.05) is 36.7 Å². The topological polar surface area (TPSA) is 29.9 Å². The number of halogens is 1. The van der Waals surface area contributed by atoms with Gasteiger partial charge in [-0.25, -0.2) is 0 Å². The molecule has 0 aliphatic rings. The van der Waals surface area contributed by atoms with E-state index in [1.165, 1.54) is 4.90 Å². The molecule has 2 aromatic rings. The molecule has 2 rings (SSSR count). The maximum absolute atomic E-state index is 6.30. The van der Waals surface area contributed by atoms with E-state index >= 15 is 0 Å². The third-order valence-electron chi connectivity index (χ3n) is 3.07. The van der Waals surface area contributed by atoms with E-state index in [1.54, 1.807) is 6.20 Å². The van der Waals surface area contributed by atoms with Crippen molar-refractivity contribution in [1.82, 2.24) is 15.1 Å². The molecule has 1 N–H and O–H groups in total. The van der Waals surface area contributed by atoms with Crippen molar-refractivity contribution in [2.45, 2.75) is 31.3 Å². The fraction of sp³-hybridized carbons (Fsp3) is 0.400. The summed E-state index contributed by atoms with van der Waals surface area (Å²) < 4.78 is 1.97. The van der Waals surface area contributed by atoms with Crippen molar-refractivity contribution < 1.29 is 0 Å². The molecule has 0 aliphatic heterocycles. The van der Waals surface area contributed by atoms with Gasteiger partial charge in [0.05, 0.1) is 23.0 Å². The van der Waals surface area contributed by atoms with Gasteiger partial charge in [0, 0.05) is 17.2 Å². The zero-order valence-corrected chi connectivity index (χ0v) is 13.4. The van der Waals surface area contributed by atoms with E-state index in [4.69, 9.17) is 11.6 Å². The van der Waals surface area contributed by atoms with Crippen LogP contribution in [0.1, 0.15) is 25.6 Å². The first-order chi connectivity index (χ1) is 9.76. The number of hydrogen-bond acceptors (Lipinski definition) is 3. The van der Waals surface area contributed by atoms with E-state index in [-0.39, 0.29) is 6.04 Å². The fourth-order valence-electron chi connectivity index (χ4n) is 2.15. The number of thioether (sulfide) groups is 1. The molecule has 0 spiro atoms. The molecule has 0 radical (unpaired) electrons. The molecule has 0 bridgehead atoms. The van der Waals surface area contributed by atoms with Gasteiger partial charge in [0.15, 0.2) is 0 Å². The van der Waals surface area contributed by atoms with Crippen LogP contribution in [0, 0.1) is 0 Å². The van der Waals surface area contributed by atoms with Crippen LogP contribution in [0.4, 0.5) is 0 Å². The predicted molar refractivity (Wildman–Crippen MR) is 86.5 cm³/mol. The van der Waals surface area contributed by atoms with E-state index in [0.717, 1.165) is 29.6 Å². The lowest BCUT2D eigenvalue weighted by Crippen LogP contribution is -2.26. The Morgan fingerprint density at radius 2 is 2.05 bits per heavy atom. The molecule has 0 aliphatic carbocycles. The number of rotatable bonds is 7. The van der Waals surface area contributed by atoms with Crippen LogP contribution < -0.4 is 5.32 Å². The van der Waals surface area contributed by atoms with Gasteiger partial charge in [-0.15, -0.1) is 11.8 Å². The highest BCUT2D eigenvalue weighted by molar-refractivity contribution is 7.99. The van der Waals surface area contributed by atoms with Gasteiger partial charge >= 0.3 is 0 Å². The highest BCUT2D eigenvalue weighted by atomic mass is 35.5. The Bertz CT molecular complexity index is 527. The van der Waals surface area contributed by atoms with Crippen LogP contribution >= 0.6 is 23.4 Å². The van der Waals surface area contributed by atoms with Crippen LogP contribution in [-0.4, -0.2) is 22.1 Å². The fourth-order valence-corrected chi connectivity index (χ4v) is 3.40. The Balaban J connectivity index is 2.12. The summed E-state index contributed by atoms with van der Waals surface area (Å²) in [5.41, 5.74) is 1.08. The number of aryl methyl sites for hydroxylation is 1. The van der Waals surface area contributed by atoms with Gasteiger partial charge in [0.1, 0.15) is 0 Å². The molecule has 1 aromatic heterocycles. The van der Waals surface area contributed by atoms with Crippen molar-refractivity contribution in [1.29, 1.82) is 0 Å². The number of aromatic nitrogens is 2. The molecule has 1 heterocycles. The number of nitrogens with one attached hydrogen (secondary N) is 1. The second kappa shape index (κ2) is 7.72. The highest BCUT2D eigenvalue weighted by Gasteiger charge is 2.19. The van der Waals surface area contributed by atoms with Crippen molar-refractivity contribution >= 4 is 23.4 Å². The Morgan fingerprint density at radius 1 is 1.30 bits per heavy atom. The molecule has 0 amide bonds. The minimum atomic E-state index is 0.208. The largest absolute Gasteiger partial charge is 0.308 e. The average Bonchev–Trinajstić information content (AvgIpc) is 2.85. The minimum Gasteiger partial charge on any atom is -0.308 e. The van der Waals surface area contributed by atoms with Crippen molar-refractivity contribution in [3.05, 3.63) is 47.2 Å². The van der Waals surface area contributed by atoms with E-state index in [1.807, 2.05) is 22.5 Å². The van der Waals surface area contributed by atoms with E-state index in [9.17, 15) is 0 Å². The van der Waals surface area contributed by atoms with Crippen LogP contribution in [0.25, 0.3) is 0 Å². The molecule has 20 heavy (non-hydrogen) atoms. The zero-order valence-electron chi connectivity index (χ0n) is 11.8. The molecule has 0 fully saturated rings. The highest BCUT2D eigenvalue weighted by Crippen LogP contribution is 2.28. The zero-order chi connectivity index (χ0) is 14.4. The van der Waals surface area contributed by atoms with E-state index in [2.05, 4.69) is 48.5 Å². The number of nitrogens with zero attached hydrogens (tertiary/aromatic N) is 2. The third-order valence-corrected chi connectivity index (χ3v) is 4.47. The first kappa shape index (κ1) is 15.4. The summed E-state index contributed by atoms with van der Waals surface area (Å²) in [6.45, 7) is 5.94. The van der Waals surface area contributed by atoms with Crippen LogP contribution in [0.3, 0.4) is 0 Å². The first-order valence-corrected chi connectivity index (χ1v) is 8.25. The summed E-state index contributed by atoms with van der Waals surface area (Å²) in [4.78, 5) is 1.27. The molecule has 5 heteroatoms. The first-order valence-electron chi connectivity index (χ1n) is 6.88. The summed E-state index contributed by atoms with van der Waals surface area (Å²) in [7, 11) is 0. The monoisotopic (exact) mass is 309 g/mol. The second-order valence-corrected chi connectivity index (χ2v) is 5.93. The average molecular weight is 310 g/mol. The van der Waals surface area contributed by atoms with Gasteiger partial charge < -0.3 is 5.32 Å². The van der Waals surface area contributed by atoms with Crippen LogP contribution in [-0.2, 0) is 6.54 Å². The molecule has 108 valence electrons. The van der Waals surface area contributed by atoms with E-state index in [0.29, 0.717) is 0 Å². The lowest BCUT2D eigenvalue weighted by atomic mass is 10.2. The summed E-state index contributed by atoms with van der Waals surface area (Å²) in [5.74, 6) is 0.934. The van der Waals surface area contributed by atoms with Gasteiger partial charge in [0.2, 0.25) is 0 Å². The molecule has 3 nitrogen and oxygen atoms in total. The molecule has 1 aromatic carbocycles. The molecular formula is C15H20ClN3S. The Labute approximate surface area is 129 Å². The standard InChI is InChI=1S/C15H20ClN3S/c1-3-17-14(11-20-12-8-6-5-7-9-12)15-13(16)10-18-19(15)4-2/h5-10,14,17H,3-4,11H2,1-2H3. The molecule has 1 atom stereocenters. The Hall–Kier alpha value is -0.970. The number of hydrogen-bond donors (Lipinski definition) is 1. The van der Waals surface area contributed by atoms with Crippen LogP contribution in [0.2, 0.25) is 5.02 Å². The smallest absolute Gasteiger partial charge is 0.0834 e. The summed E-state index contributed by atoms with van der Waals surface area (Å²) in [6.07, 6.45) is 1.73. The quantitative estimate of drug-likeness (QED) is 0.784. The van der Waals surface area contributed by atoms with Crippen LogP contribution in [0.15, 0.2) is 41.4 Å². The maximum Gasteiger partial charge on any atom is 0.0834 e. The SMILES string of the molecule is CCNC(CSc1ccccc1)c1c(Cl)cnn1CC. The van der Waals surface area contributed by atoms with Gasteiger partial charge in [-0.3, -0.25) is 4.68 Å². The molecule has 1 unspecified atom stereocenters. The predicted octanol–water partition coefficient (Wildman–Crippen LogP) is 4.00. The summed E-state index contributed by atoms with van der Waals surface area (Å²) in [6, 6.07) is 10.6. The lowest BCUT2D eigenvalue weighted by Gasteiger charge is -2.19. The molecule has 0 saturated carbocycles.